The minimum atomic E-state index is -1.05. The largest absolute Gasteiger partial charge is 0.478 e. The zero-order valence-electron chi connectivity index (χ0n) is 11.1. The van der Waals surface area contributed by atoms with E-state index >= 15 is 0 Å². The van der Waals surface area contributed by atoms with Crippen LogP contribution < -0.4 is 5.32 Å². The van der Waals surface area contributed by atoms with Gasteiger partial charge in [-0.1, -0.05) is 11.6 Å². The number of nitrogens with zero attached hydrogens (tertiary/aromatic N) is 1. The molecular formula is C14H17ClN2O3. The summed E-state index contributed by atoms with van der Waals surface area (Å²) < 4.78 is 0. The lowest BCUT2D eigenvalue weighted by Gasteiger charge is -2.14. The van der Waals surface area contributed by atoms with E-state index < -0.39 is 5.97 Å². The molecule has 0 saturated carbocycles. The fraction of sp³-hybridized carbons (Fsp3) is 0.429. The summed E-state index contributed by atoms with van der Waals surface area (Å²) >= 11 is 5.95. The smallest absolute Gasteiger partial charge is 0.335 e. The van der Waals surface area contributed by atoms with Crippen LogP contribution in [0.2, 0.25) is 5.02 Å². The number of halogens is 1. The molecule has 1 heterocycles. The van der Waals surface area contributed by atoms with Gasteiger partial charge in [0.05, 0.1) is 16.3 Å². The Morgan fingerprint density at radius 3 is 2.65 bits per heavy atom. The third-order valence-corrected chi connectivity index (χ3v) is 3.67. The first-order chi connectivity index (χ1) is 9.56. The van der Waals surface area contributed by atoms with Crippen molar-refractivity contribution in [3.63, 3.8) is 0 Å². The van der Waals surface area contributed by atoms with Gasteiger partial charge in [-0.15, -0.1) is 0 Å². The van der Waals surface area contributed by atoms with E-state index in [0.29, 0.717) is 17.1 Å². The lowest BCUT2D eigenvalue weighted by molar-refractivity contribution is -0.116. The van der Waals surface area contributed by atoms with Gasteiger partial charge >= 0.3 is 5.97 Å². The third kappa shape index (κ3) is 3.95. The molecular weight excluding hydrogens is 280 g/mol. The first-order valence-corrected chi connectivity index (χ1v) is 6.99. The molecule has 0 atom stereocenters. The number of nitrogens with one attached hydrogen (secondary N) is 1. The molecule has 0 spiro atoms. The molecule has 1 fully saturated rings. The van der Waals surface area contributed by atoms with E-state index in [1.807, 2.05) is 0 Å². The standard InChI is InChI=1S/C14H17ClN2O3/c15-11-4-3-10(14(19)20)9-12(11)16-13(18)5-8-17-6-1-2-7-17/h3-4,9H,1-2,5-8H2,(H,16,18)(H,19,20). The predicted octanol–water partition coefficient (Wildman–Crippen LogP) is 2.46. The van der Waals surface area contributed by atoms with E-state index in [2.05, 4.69) is 10.2 Å². The minimum Gasteiger partial charge on any atom is -0.478 e. The van der Waals surface area contributed by atoms with Crippen LogP contribution in [0.15, 0.2) is 18.2 Å². The molecule has 1 saturated heterocycles. The second kappa shape index (κ2) is 6.72. The van der Waals surface area contributed by atoms with Crippen molar-refractivity contribution < 1.29 is 14.7 Å². The van der Waals surface area contributed by atoms with Gasteiger partial charge in [-0.25, -0.2) is 4.79 Å². The number of carboxylic acids is 1. The van der Waals surface area contributed by atoms with Crippen LogP contribution in [0.3, 0.4) is 0 Å². The van der Waals surface area contributed by atoms with Crippen molar-refractivity contribution in [1.29, 1.82) is 0 Å². The second-order valence-corrected chi connectivity index (χ2v) is 5.25. The third-order valence-electron chi connectivity index (χ3n) is 3.34. The Morgan fingerprint density at radius 1 is 1.30 bits per heavy atom. The fourth-order valence-corrected chi connectivity index (χ4v) is 2.40. The molecule has 0 unspecified atom stereocenters. The lowest BCUT2D eigenvalue weighted by atomic mass is 10.2. The van der Waals surface area contributed by atoms with Gasteiger partial charge < -0.3 is 15.3 Å². The van der Waals surface area contributed by atoms with E-state index in [0.717, 1.165) is 19.6 Å². The molecule has 1 aromatic rings. The molecule has 2 N–H and O–H groups in total. The predicted molar refractivity (Wildman–Crippen MR) is 77.3 cm³/mol. The molecule has 1 aliphatic heterocycles. The summed E-state index contributed by atoms with van der Waals surface area (Å²) in [6.45, 7) is 2.81. The molecule has 5 nitrogen and oxygen atoms in total. The van der Waals surface area contributed by atoms with Crippen molar-refractivity contribution in [2.75, 3.05) is 25.0 Å². The van der Waals surface area contributed by atoms with Crippen molar-refractivity contribution in [2.24, 2.45) is 0 Å². The van der Waals surface area contributed by atoms with Gasteiger partial charge in [-0.05, 0) is 44.1 Å². The SMILES string of the molecule is O=C(CCN1CCCC1)Nc1cc(C(=O)O)ccc1Cl. The monoisotopic (exact) mass is 296 g/mol. The average Bonchev–Trinajstić information content (AvgIpc) is 2.92. The van der Waals surface area contributed by atoms with Gasteiger partial charge in [0.15, 0.2) is 0 Å². The summed E-state index contributed by atoms with van der Waals surface area (Å²) in [5.41, 5.74) is 0.447. The Labute approximate surface area is 122 Å². The minimum absolute atomic E-state index is 0.101. The Kier molecular flexibility index (Phi) is 4.98. The van der Waals surface area contributed by atoms with Crippen molar-refractivity contribution in [2.45, 2.75) is 19.3 Å². The van der Waals surface area contributed by atoms with E-state index in [4.69, 9.17) is 16.7 Å². The zero-order chi connectivity index (χ0) is 14.5. The van der Waals surface area contributed by atoms with Crippen LogP contribution in [0.1, 0.15) is 29.6 Å². The number of hydrogen-bond acceptors (Lipinski definition) is 3. The number of rotatable bonds is 5. The molecule has 1 amide bonds. The molecule has 0 aromatic heterocycles. The summed E-state index contributed by atoms with van der Waals surface area (Å²) in [6, 6.07) is 4.25. The van der Waals surface area contributed by atoms with Crippen LogP contribution in [-0.4, -0.2) is 41.5 Å². The van der Waals surface area contributed by atoms with Gasteiger partial charge in [-0.2, -0.15) is 0 Å². The maximum Gasteiger partial charge on any atom is 0.335 e. The topological polar surface area (TPSA) is 69.6 Å². The lowest BCUT2D eigenvalue weighted by Crippen LogP contribution is -2.25. The van der Waals surface area contributed by atoms with Crippen molar-refractivity contribution in [3.8, 4) is 0 Å². The quantitative estimate of drug-likeness (QED) is 0.876. The zero-order valence-corrected chi connectivity index (χ0v) is 11.8. The molecule has 108 valence electrons. The summed E-state index contributed by atoms with van der Waals surface area (Å²) in [7, 11) is 0. The van der Waals surface area contributed by atoms with Crippen molar-refractivity contribution in [1.82, 2.24) is 4.90 Å². The second-order valence-electron chi connectivity index (χ2n) is 4.85. The summed E-state index contributed by atoms with van der Waals surface area (Å²) in [6.07, 6.45) is 2.76. The van der Waals surface area contributed by atoms with Crippen molar-refractivity contribution in [3.05, 3.63) is 28.8 Å². The van der Waals surface area contributed by atoms with Gasteiger partial charge in [0.2, 0.25) is 5.91 Å². The van der Waals surface area contributed by atoms with Crippen LogP contribution in [-0.2, 0) is 4.79 Å². The number of amides is 1. The number of hydrogen-bond donors (Lipinski definition) is 2. The number of likely N-dealkylation sites (tertiary alicyclic amines) is 1. The molecule has 0 radical (unpaired) electrons. The molecule has 20 heavy (non-hydrogen) atoms. The number of carboxylic acid groups (broad SMARTS) is 1. The Hall–Kier alpha value is -1.59. The molecule has 0 aliphatic carbocycles. The molecule has 2 rings (SSSR count). The van der Waals surface area contributed by atoms with Gasteiger partial charge in [0, 0.05) is 13.0 Å². The van der Waals surface area contributed by atoms with E-state index in [-0.39, 0.29) is 11.5 Å². The first-order valence-electron chi connectivity index (χ1n) is 6.61. The van der Waals surface area contributed by atoms with Crippen LogP contribution in [0.25, 0.3) is 0 Å². The molecule has 1 aliphatic rings. The summed E-state index contributed by atoms with van der Waals surface area (Å²) in [5, 5.41) is 11.9. The molecule has 6 heteroatoms. The summed E-state index contributed by atoms with van der Waals surface area (Å²) in [5.74, 6) is -1.20. The van der Waals surface area contributed by atoms with Gasteiger partial charge in [0.1, 0.15) is 0 Å². The highest BCUT2D eigenvalue weighted by Gasteiger charge is 2.14. The number of anilines is 1. The highest BCUT2D eigenvalue weighted by atomic mass is 35.5. The molecule has 1 aromatic carbocycles. The Morgan fingerprint density at radius 2 is 2.00 bits per heavy atom. The van der Waals surface area contributed by atoms with Gasteiger partial charge in [0.25, 0.3) is 0 Å². The first kappa shape index (κ1) is 14.8. The average molecular weight is 297 g/mol. The van der Waals surface area contributed by atoms with Crippen molar-refractivity contribution >= 4 is 29.2 Å². The number of aromatic carboxylic acids is 1. The summed E-state index contributed by atoms with van der Waals surface area (Å²) in [4.78, 5) is 25.0. The van der Waals surface area contributed by atoms with Gasteiger partial charge in [-0.3, -0.25) is 4.79 Å². The van der Waals surface area contributed by atoms with Crippen LogP contribution in [0.5, 0.6) is 0 Å². The highest BCUT2D eigenvalue weighted by molar-refractivity contribution is 6.33. The fourth-order valence-electron chi connectivity index (χ4n) is 2.23. The number of benzene rings is 1. The van der Waals surface area contributed by atoms with Crippen LogP contribution in [0, 0.1) is 0 Å². The normalized spacial score (nSPS) is 15.2. The van der Waals surface area contributed by atoms with E-state index in [1.54, 1.807) is 0 Å². The Balaban J connectivity index is 1.92. The van der Waals surface area contributed by atoms with Crippen LogP contribution in [0.4, 0.5) is 5.69 Å². The van der Waals surface area contributed by atoms with E-state index in [9.17, 15) is 9.59 Å². The van der Waals surface area contributed by atoms with E-state index in [1.165, 1.54) is 31.0 Å². The Bertz CT molecular complexity index is 513. The highest BCUT2D eigenvalue weighted by Crippen LogP contribution is 2.23. The number of carbonyl (C=O) groups excluding carboxylic acids is 1. The number of carbonyl (C=O) groups is 2. The maximum absolute atomic E-state index is 11.9. The van der Waals surface area contributed by atoms with Crippen LogP contribution >= 0.6 is 11.6 Å². The molecule has 0 bridgehead atoms. The maximum atomic E-state index is 11.9.